The zero-order chi connectivity index (χ0) is 8.65. The van der Waals surface area contributed by atoms with Gasteiger partial charge >= 0.3 is 6.18 Å². The van der Waals surface area contributed by atoms with Crippen LogP contribution >= 0.6 is 24.0 Å². The molecule has 1 heterocycles. The number of thiol groups is 1. The lowest BCUT2D eigenvalue weighted by molar-refractivity contribution is -0.142. The second kappa shape index (κ2) is 2.56. The fourth-order valence-corrected chi connectivity index (χ4v) is 1.56. The highest BCUT2D eigenvalue weighted by Crippen LogP contribution is 2.36. The molecule has 0 saturated heterocycles. The van der Waals surface area contributed by atoms with Crippen LogP contribution in [0.25, 0.3) is 0 Å². The molecule has 1 aromatic rings. The van der Waals surface area contributed by atoms with Crippen LogP contribution in [-0.4, -0.2) is 4.98 Å². The van der Waals surface area contributed by atoms with Crippen LogP contribution in [0, 0.1) is 0 Å². The lowest BCUT2D eigenvalue weighted by atomic mass is 10.5. The average molecular weight is 200 g/mol. The number of anilines is 1. The first-order valence-electron chi connectivity index (χ1n) is 2.43. The fourth-order valence-electron chi connectivity index (χ4n) is 0.513. The van der Waals surface area contributed by atoms with E-state index < -0.39 is 11.9 Å². The number of hydrogen-bond donors (Lipinski definition) is 2. The van der Waals surface area contributed by atoms with E-state index in [1.54, 1.807) is 0 Å². The van der Waals surface area contributed by atoms with Gasteiger partial charge in [-0.25, -0.2) is 4.98 Å². The molecular weight excluding hydrogens is 197 g/mol. The van der Waals surface area contributed by atoms with E-state index in [2.05, 4.69) is 17.6 Å². The Morgan fingerprint density at radius 3 is 2.18 bits per heavy atom. The van der Waals surface area contributed by atoms with Gasteiger partial charge in [0.1, 0.15) is 0 Å². The smallest absolute Gasteiger partial charge is 0.375 e. The van der Waals surface area contributed by atoms with Gasteiger partial charge in [-0.05, 0) is 0 Å². The molecule has 0 atom stereocenters. The van der Waals surface area contributed by atoms with E-state index in [0.29, 0.717) is 11.3 Å². The fraction of sp³-hybridized carbons (Fsp3) is 0.250. The molecule has 0 saturated carbocycles. The van der Waals surface area contributed by atoms with Crippen molar-refractivity contribution in [3.63, 3.8) is 0 Å². The topological polar surface area (TPSA) is 38.9 Å². The van der Waals surface area contributed by atoms with Gasteiger partial charge in [0.2, 0.25) is 0 Å². The average Bonchev–Trinajstić information content (AvgIpc) is 2.08. The van der Waals surface area contributed by atoms with E-state index >= 15 is 0 Å². The summed E-state index contributed by atoms with van der Waals surface area (Å²) in [6, 6.07) is 0. The Hall–Kier alpha value is -0.430. The maximum atomic E-state index is 11.9. The number of hydrogen-bond acceptors (Lipinski definition) is 4. The molecule has 0 aromatic carbocycles. The van der Waals surface area contributed by atoms with E-state index in [1.165, 1.54) is 0 Å². The molecule has 0 bridgehead atoms. The summed E-state index contributed by atoms with van der Waals surface area (Å²) in [5.41, 5.74) is 4.02. The van der Waals surface area contributed by atoms with Crippen molar-refractivity contribution in [1.82, 2.24) is 4.98 Å². The van der Waals surface area contributed by atoms with Gasteiger partial charge < -0.3 is 5.73 Å². The van der Waals surface area contributed by atoms with Crippen LogP contribution in [0.3, 0.4) is 0 Å². The summed E-state index contributed by atoms with van der Waals surface area (Å²) < 4.78 is 35.5. The number of nitrogen functional groups attached to an aromatic ring is 1. The Labute approximate surface area is 69.6 Å². The first kappa shape index (κ1) is 8.66. The van der Waals surface area contributed by atoms with Gasteiger partial charge in [-0.1, -0.05) is 11.3 Å². The molecule has 0 spiro atoms. The number of alkyl halides is 3. The first-order chi connectivity index (χ1) is 4.91. The molecule has 0 aliphatic rings. The largest absolute Gasteiger partial charge is 0.435 e. The Morgan fingerprint density at radius 1 is 1.45 bits per heavy atom. The summed E-state index contributed by atoms with van der Waals surface area (Å²) in [5.74, 6) is 0. The van der Waals surface area contributed by atoms with Crippen LogP contribution < -0.4 is 5.73 Å². The molecule has 1 rings (SSSR count). The summed E-state index contributed by atoms with van der Waals surface area (Å²) in [6.07, 6.45) is -4.45. The molecule has 11 heavy (non-hydrogen) atoms. The van der Waals surface area contributed by atoms with Crippen molar-refractivity contribution < 1.29 is 13.2 Å². The Kier molecular flexibility index (Phi) is 2.02. The third-order valence-corrected chi connectivity index (χ3v) is 2.07. The third kappa shape index (κ3) is 1.78. The minimum atomic E-state index is -4.45. The van der Waals surface area contributed by atoms with Crippen molar-refractivity contribution in [1.29, 1.82) is 0 Å². The summed E-state index contributed by atoms with van der Waals surface area (Å²) in [7, 11) is 0. The molecule has 62 valence electrons. The number of aromatic nitrogens is 1. The van der Waals surface area contributed by atoms with Gasteiger partial charge in [0.25, 0.3) is 0 Å². The summed E-state index contributed by atoms with van der Waals surface area (Å²) >= 11 is 4.28. The predicted octanol–water partition coefficient (Wildman–Crippen LogP) is 2.03. The van der Waals surface area contributed by atoms with Crippen LogP contribution in [0.1, 0.15) is 5.69 Å². The summed E-state index contributed by atoms with van der Waals surface area (Å²) in [5, 5.41) is -0.123. The van der Waals surface area contributed by atoms with Crippen LogP contribution in [0.5, 0.6) is 0 Å². The monoisotopic (exact) mass is 200 g/mol. The Balaban J connectivity index is 3.13. The predicted molar refractivity (Wildman–Crippen MR) is 38.8 cm³/mol. The van der Waals surface area contributed by atoms with E-state index in [0.717, 1.165) is 0 Å². The lowest BCUT2D eigenvalue weighted by Crippen LogP contribution is -2.06. The van der Waals surface area contributed by atoms with Crippen molar-refractivity contribution in [3.8, 4) is 0 Å². The number of nitrogens with zero attached hydrogens (tertiary/aromatic N) is 1. The maximum absolute atomic E-state index is 11.9. The van der Waals surface area contributed by atoms with Gasteiger partial charge in [0.15, 0.2) is 10.8 Å². The van der Waals surface area contributed by atoms with Gasteiger partial charge in [0.05, 0.1) is 4.21 Å². The van der Waals surface area contributed by atoms with Crippen molar-refractivity contribution in [2.24, 2.45) is 0 Å². The van der Waals surface area contributed by atoms with Crippen LogP contribution in [0.15, 0.2) is 4.21 Å². The van der Waals surface area contributed by atoms with Crippen molar-refractivity contribution >= 4 is 29.1 Å². The molecular formula is C4H3F3N2S2. The van der Waals surface area contributed by atoms with Gasteiger partial charge in [-0.15, -0.1) is 12.6 Å². The summed E-state index contributed by atoms with van der Waals surface area (Å²) in [4.78, 5) is 3.08. The molecule has 1 aromatic heterocycles. The van der Waals surface area contributed by atoms with Gasteiger partial charge in [-0.2, -0.15) is 13.2 Å². The van der Waals surface area contributed by atoms with Crippen molar-refractivity contribution in [2.45, 2.75) is 10.4 Å². The van der Waals surface area contributed by atoms with Gasteiger partial charge in [-0.3, -0.25) is 0 Å². The standard InChI is InChI=1S/C4H3F3N2S2/c5-4(6,7)1-2(10)11-3(8)9-1/h10H,(H2,8,9). The highest BCUT2D eigenvalue weighted by atomic mass is 32.2. The number of thiazole rings is 1. The van der Waals surface area contributed by atoms with Crippen molar-refractivity contribution in [2.75, 3.05) is 5.73 Å². The SMILES string of the molecule is Nc1nc(C(F)(F)F)c(S)s1. The minimum absolute atomic E-state index is 0.123. The van der Waals surface area contributed by atoms with Gasteiger partial charge in [0, 0.05) is 0 Å². The molecule has 0 aliphatic heterocycles. The Morgan fingerprint density at radius 2 is 2.00 bits per heavy atom. The van der Waals surface area contributed by atoms with Crippen LogP contribution in [0.2, 0.25) is 0 Å². The molecule has 2 nitrogen and oxygen atoms in total. The first-order valence-corrected chi connectivity index (χ1v) is 3.70. The molecule has 0 unspecified atom stereocenters. The quantitative estimate of drug-likeness (QED) is 0.629. The minimum Gasteiger partial charge on any atom is -0.375 e. The number of rotatable bonds is 0. The maximum Gasteiger partial charge on any atom is 0.435 e. The van der Waals surface area contributed by atoms with E-state index in [9.17, 15) is 13.2 Å². The molecule has 7 heteroatoms. The second-order valence-corrected chi connectivity index (χ2v) is 3.48. The molecule has 0 fully saturated rings. The number of halogens is 3. The van der Waals surface area contributed by atoms with E-state index in [4.69, 9.17) is 5.73 Å². The molecule has 0 aliphatic carbocycles. The Bertz CT molecular complexity index is 267. The summed E-state index contributed by atoms with van der Waals surface area (Å²) in [6.45, 7) is 0. The van der Waals surface area contributed by atoms with Crippen LogP contribution in [0.4, 0.5) is 18.3 Å². The second-order valence-electron chi connectivity index (χ2n) is 1.70. The van der Waals surface area contributed by atoms with E-state index in [-0.39, 0.29) is 9.34 Å². The zero-order valence-corrected chi connectivity index (χ0v) is 6.72. The number of nitrogens with two attached hydrogens (primary N) is 1. The van der Waals surface area contributed by atoms with E-state index in [1.807, 2.05) is 0 Å². The normalized spacial score (nSPS) is 12.0. The molecule has 2 N–H and O–H groups in total. The van der Waals surface area contributed by atoms with Crippen molar-refractivity contribution in [3.05, 3.63) is 5.69 Å². The third-order valence-electron chi connectivity index (χ3n) is 0.894. The highest BCUT2D eigenvalue weighted by molar-refractivity contribution is 7.83. The molecule has 0 radical (unpaired) electrons. The lowest BCUT2D eigenvalue weighted by Gasteiger charge is -2.00. The van der Waals surface area contributed by atoms with Crippen LogP contribution in [-0.2, 0) is 6.18 Å². The molecule has 0 amide bonds. The highest BCUT2D eigenvalue weighted by Gasteiger charge is 2.36. The zero-order valence-electron chi connectivity index (χ0n) is 5.01.